The van der Waals surface area contributed by atoms with Gasteiger partial charge in [0.1, 0.15) is 30.5 Å². The van der Waals surface area contributed by atoms with Crippen molar-refractivity contribution in [3.63, 3.8) is 0 Å². The summed E-state index contributed by atoms with van der Waals surface area (Å²) in [5.74, 6) is -5.55. The molecule has 0 aromatic carbocycles. The van der Waals surface area contributed by atoms with Crippen LogP contribution in [0.3, 0.4) is 0 Å². The topological polar surface area (TPSA) is 220 Å². The lowest BCUT2D eigenvalue weighted by Gasteiger charge is -2.43. The molecule has 2 fully saturated rings. The average Bonchev–Trinajstić information content (AvgIpc) is 3.21. The molecule has 0 aromatic rings. The number of carbonyl (C=O) groups excluding carboxylic acids is 5. The molecule has 0 aromatic heterocycles. The molecule has 1 aliphatic carbocycles. The van der Waals surface area contributed by atoms with Crippen LogP contribution in [0.2, 0.25) is 0 Å². The molecule has 3 rings (SSSR count). The molecule has 0 radical (unpaired) electrons. The molecule has 1 saturated carbocycles. The molecule has 0 bridgehead atoms. The molecule has 0 spiro atoms. The van der Waals surface area contributed by atoms with Crippen molar-refractivity contribution in [1.82, 2.24) is 0 Å². The molecule has 1 saturated heterocycles. The van der Waals surface area contributed by atoms with Gasteiger partial charge in [0, 0.05) is 40.0 Å². The Morgan fingerprint density at radius 3 is 2.11 bits per heavy atom. The highest BCUT2D eigenvalue weighted by molar-refractivity contribution is 5.70. The average molecular weight is 647 g/mol. The highest BCUT2D eigenvalue weighted by atomic mass is 16.7. The molecule has 45 heavy (non-hydrogen) atoms. The summed E-state index contributed by atoms with van der Waals surface area (Å²) in [7, 11) is 0. The van der Waals surface area contributed by atoms with Crippen molar-refractivity contribution in [1.29, 1.82) is 0 Å². The van der Waals surface area contributed by atoms with Gasteiger partial charge in [0.2, 0.25) is 6.29 Å². The summed E-state index contributed by atoms with van der Waals surface area (Å²) in [5.41, 5.74) is -1.70. The lowest BCUT2D eigenvalue weighted by Crippen LogP contribution is -2.61. The molecule has 16 nitrogen and oxygen atoms in total. The first-order chi connectivity index (χ1) is 21.1. The largest absolute Gasteiger partial charge is 0.463 e. The maximum absolute atomic E-state index is 12.6. The van der Waals surface area contributed by atoms with E-state index in [1.165, 1.54) is 6.26 Å². The molecule has 3 N–H and O–H groups in total. The number of rotatable bonds is 12. The Morgan fingerprint density at radius 2 is 1.56 bits per heavy atom. The monoisotopic (exact) mass is 646 g/mol. The van der Waals surface area contributed by atoms with Gasteiger partial charge in [-0.25, -0.2) is 0 Å². The van der Waals surface area contributed by atoms with Gasteiger partial charge < -0.3 is 53.2 Å². The number of esters is 5. The van der Waals surface area contributed by atoms with E-state index in [-0.39, 0.29) is 25.4 Å². The first-order valence-corrected chi connectivity index (χ1v) is 14.5. The van der Waals surface area contributed by atoms with Crippen LogP contribution < -0.4 is 0 Å². The van der Waals surface area contributed by atoms with Crippen molar-refractivity contribution in [2.24, 2.45) is 17.8 Å². The number of hydrogen-bond acceptors (Lipinski definition) is 16. The number of fused-ring (bicyclic) bond motifs is 1. The van der Waals surface area contributed by atoms with Crippen LogP contribution in [0.5, 0.6) is 0 Å². The molecule has 0 amide bonds. The fourth-order valence-corrected chi connectivity index (χ4v) is 5.79. The molecule has 3 unspecified atom stereocenters. The Hall–Kier alpha value is -3.31. The SMILES string of the molecule is CC(=O)OC[C@]1(O)C2C(OC(=O)CC(C)C)OC=C(CO[C@@H]3O[C@H](CO)[C@@H](O)[C@H](OC(C)=O)[C@H]3OC(C)=O)C2C[C@@H]1OC(C)=O. The molecule has 16 heteroatoms. The van der Waals surface area contributed by atoms with Crippen LogP contribution in [0.1, 0.15) is 54.4 Å². The molecule has 2 heterocycles. The van der Waals surface area contributed by atoms with E-state index in [1.54, 1.807) is 0 Å². The smallest absolute Gasteiger partial charge is 0.309 e. The maximum atomic E-state index is 12.6. The normalized spacial score (nSPS) is 34.1. The third-order valence-electron chi connectivity index (χ3n) is 7.61. The van der Waals surface area contributed by atoms with Gasteiger partial charge >= 0.3 is 29.8 Å². The molecular formula is C29H42O16. The summed E-state index contributed by atoms with van der Waals surface area (Å²) >= 11 is 0. The summed E-state index contributed by atoms with van der Waals surface area (Å²) in [6, 6.07) is 0. The Morgan fingerprint density at radius 1 is 0.933 bits per heavy atom. The molecule has 10 atom stereocenters. The zero-order valence-corrected chi connectivity index (χ0v) is 26.0. The predicted molar refractivity (Wildman–Crippen MR) is 146 cm³/mol. The zero-order valence-electron chi connectivity index (χ0n) is 26.0. The summed E-state index contributed by atoms with van der Waals surface area (Å²) in [6.07, 6.45) is -8.53. The molecule has 2 aliphatic heterocycles. The standard InChI is InChI=1S/C29H42O16/c1-13(2)7-22(35)45-27-23-19(8-21(41-15(4)32)29(23,37)12-40-14(3)31)18(10-38-27)11-39-28-26(43-17(6)34)25(42-16(5)33)24(36)20(9-30)44-28/h10,13,19-21,23-28,30,36-37H,7-9,11-12H2,1-6H3/t19?,20-,21+,23?,24-,25+,26-,27?,28-,29-/m1/s1. The third-order valence-corrected chi connectivity index (χ3v) is 7.61. The van der Waals surface area contributed by atoms with Gasteiger partial charge in [-0.3, -0.25) is 24.0 Å². The van der Waals surface area contributed by atoms with E-state index in [9.17, 15) is 39.3 Å². The fourth-order valence-electron chi connectivity index (χ4n) is 5.79. The van der Waals surface area contributed by atoms with Crippen molar-refractivity contribution < 1.29 is 77.2 Å². The minimum Gasteiger partial charge on any atom is -0.463 e. The third kappa shape index (κ3) is 8.91. The second-order valence-electron chi connectivity index (χ2n) is 11.7. The van der Waals surface area contributed by atoms with E-state index in [0.717, 1.165) is 27.7 Å². The number of aliphatic hydroxyl groups excluding tert-OH is 2. The van der Waals surface area contributed by atoms with Crippen LogP contribution >= 0.6 is 0 Å². The van der Waals surface area contributed by atoms with Gasteiger partial charge in [0.25, 0.3) is 0 Å². The zero-order chi connectivity index (χ0) is 33.6. The summed E-state index contributed by atoms with van der Waals surface area (Å²) in [6.45, 7) is 6.43. The molecule has 3 aliphatic rings. The number of aliphatic hydroxyl groups is 3. The van der Waals surface area contributed by atoms with E-state index in [0.29, 0.717) is 5.57 Å². The van der Waals surface area contributed by atoms with Gasteiger partial charge in [-0.1, -0.05) is 13.8 Å². The Kier molecular flexibility index (Phi) is 12.3. The van der Waals surface area contributed by atoms with Gasteiger partial charge in [0.05, 0.1) is 25.4 Å². The maximum Gasteiger partial charge on any atom is 0.309 e. The number of ether oxygens (including phenoxy) is 8. The van der Waals surface area contributed by atoms with Crippen LogP contribution in [-0.2, 0) is 61.9 Å². The van der Waals surface area contributed by atoms with Gasteiger partial charge in [-0.2, -0.15) is 0 Å². The van der Waals surface area contributed by atoms with Crippen LogP contribution in [0.4, 0.5) is 0 Å². The van der Waals surface area contributed by atoms with E-state index in [2.05, 4.69) is 0 Å². The van der Waals surface area contributed by atoms with Gasteiger partial charge in [0.15, 0.2) is 18.5 Å². The first-order valence-electron chi connectivity index (χ1n) is 14.5. The predicted octanol–water partition coefficient (Wildman–Crippen LogP) is -0.364. The Labute approximate surface area is 259 Å². The van der Waals surface area contributed by atoms with Crippen LogP contribution in [-0.4, -0.2) is 114 Å². The van der Waals surface area contributed by atoms with E-state index in [4.69, 9.17) is 37.9 Å². The highest BCUT2D eigenvalue weighted by Crippen LogP contribution is 2.51. The number of carbonyl (C=O) groups is 5. The Bertz CT molecular complexity index is 1140. The molecular weight excluding hydrogens is 604 g/mol. The van der Waals surface area contributed by atoms with E-state index in [1.807, 2.05) is 13.8 Å². The van der Waals surface area contributed by atoms with Crippen LogP contribution in [0, 0.1) is 17.8 Å². The highest BCUT2D eigenvalue weighted by Gasteiger charge is 2.63. The summed E-state index contributed by atoms with van der Waals surface area (Å²) in [5, 5.41) is 32.3. The second kappa shape index (κ2) is 15.3. The van der Waals surface area contributed by atoms with Crippen molar-refractivity contribution >= 4 is 29.8 Å². The van der Waals surface area contributed by atoms with Crippen molar-refractivity contribution in [2.75, 3.05) is 19.8 Å². The van der Waals surface area contributed by atoms with E-state index >= 15 is 0 Å². The van der Waals surface area contributed by atoms with Crippen LogP contribution in [0.15, 0.2) is 11.8 Å². The lowest BCUT2D eigenvalue weighted by molar-refractivity contribution is -0.304. The Balaban J connectivity index is 1.95. The minimum absolute atomic E-state index is 0.0221. The molecule has 254 valence electrons. The van der Waals surface area contributed by atoms with Crippen molar-refractivity contribution in [2.45, 2.75) is 103 Å². The minimum atomic E-state index is -2.06. The number of hydrogen-bond donors (Lipinski definition) is 3. The quantitative estimate of drug-likeness (QED) is 0.182. The van der Waals surface area contributed by atoms with Crippen LogP contribution in [0.25, 0.3) is 0 Å². The van der Waals surface area contributed by atoms with E-state index < -0.39 is 104 Å². The first kappa shape index (κ1) is 36.2. The second-order valence-corrected chi connectivity index (χ2v) is 11.7. The summed E-state index contributed by atoms with van der Waals surface area (Å²) in [4.78, 5) is 60.1. The van der Waals surface area contributed by atoms with Crippen molar-refractivity contribution in [3.8, 4) is 0 Å². The van der Waals surface area contributed by atoms with Gasteiger partial charge in [-0.15, -0.1) is 0 Å². The van der Waals surface area contributed by atoms with Gasteiger partial charge in [-0.05, 0) is 17.9 Å². The van der Waals surface area contributed by atoms with Crippen molar-refractivity contribution in [3.05, 3.63) is 11.8 Å². The fraction of sp³-hybridized carbons (Fsp3) is 0.759. The lowest BCUT2D eigenvalue weighted by atomic mass is 9.80. The summed E-state index contributed by atoms with van der Waals surface area (Å²) < 4.78 is 44.0.